The van der Waals surface area contributed by atoms with Crippen molar-refractivity contribution >= 4 is 0 Å². The average molecular weight is 286 g/mol. The normalized spacial score (nSPS) is 34.8. The summed E-state index contributed by atoms with van der Waals surface area (Å²) in [6.45, 7) is 4.87. The Labute approximate surface area is 129 Å². The van der Waals surface area contributed by atoms with Crippen molar-refractivity contribution in [2.24, 2.45) is 11.7 Å². The third-order valence-corrected chi connectivity index (χ3v) is 5.74. The van der Waals surface area contributed by atoms with Gasteiger partial charge in [0.1, 0.15) is 0 Å². The van der Waals surface area contributed by atoms with Crippen molar-refractivity contribution in [2.75, 3.05) is 13.1 Å². The maximum atomic E-state index is 6.50. The fourth-order valence-corrected chi connectivity index (χ4v) is 4.35. The van der Waals surface area contributed by atoms with E-state index in [1.807, 2.05) is 0 Å². The van der Waals surface area contributed by atoms with Crippen LogP contribution in [0, 0.1) is 5.92 Å². The van der Waals surface area contributed by atoms with Crippen molar-refractivity contribution in [3.05, 3.63) is 35.9 Å². The molecule has 116 valence electrons. The van der Waals surface area contributed by atoms with Gasteiger partial charge in [0, 0.05) is 18.6 Å². The molecule has 2 aliphatic rings. The van der Waals surface area contributed by atoms with E-state index in [0.29, 0.717) is 18.0 Å². The lowest BCUT2D eigenvalue weighted by molar-refractivity contribution is 0.0789. The van der Waals surface area contributed by atoms with Gasteiger partial charge in [-0.05, 0) is 56.0 Å². The molecule has 0 amide bonds. The van der Waals surface area contributed by atoms with Crippen LogP contribution in [0.15, 0.2) is 30.3 Å². The summed E-state index contributed by atoms with van der Waals surface area (Å²) >= 11 is 0. The van der Waals surface area contributed by atoms with Gasteiger partial charge in [-0.2, -0.15) is 0 Å². The summed E-state index contributed by atoms with van der Waals surface area (Å²) < 4.78 is 0. The molecular formula is C19H30N2. The molecule has 1 aliphatic heterocycles. The Kier molecular flexibility index (Phi) is 4.97. The van der Waals surface area contributed by atoms with Gasteiger partial charge in [0.25, 0.3) is 0 Å². The van der Waals surface area contributed by atoms with E-state index in [0.717, 1.165) is 5.92 Å². The lowest BCUT2D eigenvalue weighted by Crippen LogP contribution is -2.53. The minimum atomic E-state index is 0.376. The highest BCUT2D eigenvalue weighted by molar-refractivity contribution is 5.21. The molecule has 0 spiro atoms. The van der Waals surface area contributed by atoms with Crippen LogP contribution in [0.25, 0.3) is 0 Å². The summed E-state index contributed by atoms with van der Waals surface area (Å²) in [5, 5.41) is 0. The second-order valence-electron chi connectivity index (χ2n) is 7.06. The maximum absolute atomic E-state index is 6.50. The number of benzene rings is 1. The van der Waals surface area contributed by atoms with E-state index in [-0.39, 0.29) is 0 Å². The quantitative estimate of drug-likeness (QED) is 0.916. The number of piperidine rings is 1. The Balaban J connectivity index is 1.69. The van der Waals surface area contributed by atoms with Crippen LogP contribution in [0.4, 0.5) is 0 Å². The molecule has 0 bridgehead atoms. The minimum absolute atomic E-state index is 0.376. The molecule has 2 N–H and O–H groups in total. The molecule has 4 atom stereocenters. The molecular weight excluding hydrogens is 256 g/mol. The molecule has 21 heavy (non-hydrogen) atoms. The van der Waals surface area contributed by atoms with Crippen LogP contribution < -0.4 is 5.73 Å². The highest BCUT2D eigenvalue weighted by Gasteiger charge is 2.34. The smallest absolute Gasteiger partial charge is 0.0253 e. The highest BCUT2D eigenvalue weighted by atomic mass is 15.2. The maximum Gasteiger partial charge on any atom is 0.0253 e. The Hall–Kier alpha value is -0.860. The van der Waals surface area contributed by atoms with Crippen molar-refractivity contribution in [3.63, 3.8) is 0 Å². The molecule has 1 aromatic carbocycles. The summed E-state index contributed by atoms with van der Waals surface area (Å²) in [6, 6.07) is 12.0. The van der Waals surface area contributed by atoms with Crippen molar-refractivity contribution in [1.29, 1.82) is 0 Å². The molecule has 2 nitrogen and oxygen atoms in total. The van der Waals surface area contributed by atoms with E-state index in [4.69, 9.17) is 5.73 Å². The van der Waals surface area contributed by atoms with Gasteiger partial charge < -0.3 is 5.73 Å². The molecule has 2 fully saturated rings. The Morgan fingerprint density at radius 2 is 1.95 bits per heavy atom. The third kappa shape index (κ3) is 3.49. The van der Waals surface area contributed by atoms with Crippen LogP contribution in [0.2, 0.25) is 0 Å². The van der Waals surface area contributed by atoms with E-state index >= 15 is 0 Å². The summed E-state index contributed by atoms with van der Waals surface area (Å²) in [6.07, 6.45) is 7.78. The molecule has 1 aliphatic carbocycles. The topological polar surface area (TPSA) is 29.3 Å². The lowest BCUT2D eigenvalue weighted by Gasteiger charge is -2.44. The lowest BCUT2D eigenvalue weighted by atomic mass is 9.77. The number of rotatable bonds is 3. The SMILES string of the molecule is CCC1CCCN(C2CC(c3ccccc3)CCC2N)C1. The summed E-state index contributed by atoms with van der Waals surface area (Å²) in [4.78, 5) is 2.72. The molecule has 4 unspecified atom stereocenters. The molecule has 3 rings (SSSR count). The highest BCUT2D eigenvalue weighted by Crippen LogP contribution is 2.36. The Bertz CT molecular complexity index is 430. The monoisotopic (exact) mass is 286 g/mol. The van der Waals surface area contributed by atoms with Crippen LogP contribution in [0.5, 0.6) is 0 Å². The van der Waals surface area contributed by atoms with E-state index in [2.05, 4.69) is 42.2 Å². The van der Waals surface area contributed by atoms with Crippen LogP contribution >= 0.6 is 0 Å². The molecule has 2 heteroatoms. The van der Waals surface area contributed by atoms with E-state index in [9.17, 15) is 0 Å². The summed E-state index contributed by atoms with van der Waals surface area (Å²) in [7, 11) is 0. The van der Waals surface area contributed by atoms with Crippen LogP contribution in [0.1, 0.15) is 56.9 Å². The average Bonchev–Trinajstić information content (AvgIpc) is 2.56. The second kappa shape index (κ2) is 6.93. The van der Waals surface area contributed by atoms with Crippen LogP contribution in [-0.2, 0) is 0 Å². The molecule has 1 aromatic rings. The van der Waals surface area contributed by atoms with Gasteiger partial charge in [0.05, 0.1) is 0 Å². The van der Waals surface area contributed by atoms with Crippen molar-refractivity contribution in [1.82, 2.24) is 4.90 Å². The van der Waals surface area contributed by atoms with E-state index < -0.39 is 0 Å². The zero-order valence-electron chi connectivity index (χ0n) is 13.4. The van der Waals surface area contributed by atoms with Gasteiger partial charge in [-0.1, -0.05) is 43.7 Å². The first-order chi connectivity index (χ1) is 10.3. The zero-order valence-corrected chi connectivity index (χ0v) is 13.4. The van der Waals surface area contributed by atoms with Crippen molar-refractivity contribution in [3.8, 4) is 0 Å². The zero-order chi connectivity index (χ0) is 14.7. The van der Waals surface area contributed by atoms with Crippen LogP contribution in [0.3, 0.4) is 0 Å². The van der Waals surface area contributed by atoms with Gasteiger partial charge in [-0.15, -0.1) is 0 Å². The predicted octanol–water partition coefficient (Wildman–Crippen LogP) is 3.77. The Morgan fingerprint density at radius 1 is 1.14 bits per heavy atom. The molecule has 1 saturated carbocycles. The Morgan fingerprint density at radius 3 is 2.71 bits per heavy atom. The largest absolute Gasteiger partial charge is 0.326 e. The van der Waals surface area contributed by atoms with Gasteiger partial charge in [0.15, 0.2) is 0 Å². The molecule has 0 aromatic heterocycles. The van der Waals surface area contributed by atoms with E-state index in [1.165, 1.54) is 57.2 Å². The fraction of sp³-hybridized carbons (Fsp3) is 0.684. The summed E-state index contributed by atoms with van der Waals surface area (Å²) in [5.41, 5.74) is 8.01. The van der Waals surface area contributed by atoms with Gasteiger partial charge >= 0.3 is 0 Å². The van der Waals surface area contributed by atoms with Gasteiger partial charge in [-0.25, -0.2) is 0 Å². The number of likely N-dealkylation sites (tertiary alicyclic amines) is 1. The molecule has 1 heterocycles. The predicted molar refractivity (Wildman–Crippen MR) is 89.4 cm³/mol. The van der Waals surface area contributed by atoms with Crippen molar-refractivity contribution < 1.29 is 0 Å². The van der Waals surface area contributed by atoms with E-state index in [1.54, 1.807) is 0 Å². The van der Waals surface area contributed by atoms with Gasteiger partial charge in [0.2, 0.25) is 0 Å². The first-order valence-electron chi connectivity index (χ1n) is 8.82. The fourth-order valence-electron chi connectivity index (χ4n) is 4.35. The first kappa shape index (κ1) is 15.1. The number of nitrogens with two attached hydrogens (primary N) is 1. The number of hydrogen-bond donors (Lipinski definition) is 1. The third-order valence-electron chi connectivity index (χ3n) is 5.74. The standard InChI is InChI=1S/C19H30N2/c1-2-15-7-6-12-21(14-15)19-13-17(10-11-18(19)20)16-8-4-3-5-9-16/h3-5,8-9,15,17-19H,2,6-7,10-14,20H2,1H3. The van der Waals surface area contributed by atoms with Crippen molar-refractivity contribution in [2.45, 2.75) is 63.5 Å². The van der Waals surface area contributed by atoms with Gasteiger partial charge in [-0.3, -0.25) is 4.90 Å². The minimum Gasteiger partial charge on any atom is -0.326 e. The van der Waals surface area contributed by atoms with Crippen LogP contribution in [-0.4, -0.2) is 30.1 Å². The molecule has 0 radical (unpaired) electrons. The summed E-state index contributed by atoms with van der Waals surface area (Å²) in [5.74, 6) is 1.60. The second-order valence-corrected chi connectivity index (χ2v) is 7.06. The first-order valence-corrected chi connectivity index (χ1v) is 8.82. The number of hydrogen-bond acceptors (Lipinski definition) is 2. The molecule has 1 saturated heterocycles. The number of nitrogens with zero attached hydrogens (tertiary/aromatic N) is 1.